The van der Waals surface area contributed by atoms with Crippen LogP contribution in [-0.2, 0) is 0 Å². The molecule has 1 N–H and O–H groups in total. The molecule has 0 aromatic heterocycles. The first-order chi connectivity index (χ1) is 9.65. The smallest absolute Gasteiger partial charge is 0.126 e. The largest absolute Gasteiger partial charge is 0.487 e. The molecule has 1 spiro atoms. The Morgan fingerprint density at radius 1 is 1.30 bits per heavy atom. The SMILES string of the molecule is OC1CC2(CCN3CCCC3C2)Oc2ccc(Br)cc21. The number of aliphatic hydroxyl groups is 1. The van der Waals surface area contributed by atoms with E-state index in [2.05, 4.69) is 20.8 Å². The summed E-state index contributed by atoms with van der Waals surface area (Å²) in [5.41, 5.74) is 0.782. The van der Waals surface area contributed by atoms with E-state index >= 15 is 0 Å². The second-order valence-corrected chi connectivity index (χ2v) is 7.39. The van der Waals surface area contributed by atoms with Crippen LogP contribution in [-0.4, -0.2) is 34.7 Å². The lowest BCUT2D eigenvalue weighted by Crippen LogP contribution is -2.52. The molecule has 4 heteroatoms. The van der Waals surface area contributed by atoms with Gasteiger partial charge in [-0.15, -0.1) is 0 Å². The third-order valence-electron chi connectivity index (χ3n) is 5.18. The molecule has 1 aromatic carbocycles. The van der Waals surface area contributed by atoms with E-state index in [1.165, 1.54) is 19.4 Å². The van der Waals surface area contributed by atoms with Crippen molar-refractivity contribution in [2.75, 3.05) is 13.1 Å². The molecule has 20 heavy (non-hydrogen) atoms. The average molecular weight is 338 g/mol. The Kier molecular flexibility index (Phi) is 3.09. The number of nitrogens with zero attached hydrogens (tertiary/aromatic N) is 1. The molecule has 3 heterocycles. The topological polar surface area (TPSA) is 32.7 Å². The Morgan fingerprint density at radius 3 is 3.10 bits per heavy atom. The van der Waals surface area contributed by atoms with Gasteiger partial charge < -0.3 is 14.7 Å². The molecule has 3 aliphatic rings. The predicted molar refractivity (Wildman–Crippen MR) is 80.9 cm³/mol. The molecule has 0 amide bonds. The highest BCUT2D eigenvalue weighted by Crippen LogP contribution is 2.47. The van der Waals surface area contributed by atoms with Crippen LogP contribution in [0.3, 0.4) is 0 Å². The minimum absolute atomic E-state index is 0.147. The van der Waals surface area contributed by atoms with E-state index in [0.29, 0.717) is 6.04 Å². The van der Waals surface area contributed by atoms with Crippen molar-refractivity contribution >= 4 is 15.9 Å². The van der Waals surface area contributed by atoms with E-state index in [4.69, 9.17) is 4.74 Å². The summed E-state index contributed by atoms with van der Waals surface area (Å²) in [5.74, 6) is 0.874. The zero-order valence-electron chi connectivity index (χ0n) is 11.5. The molecule has 1 aromatic rings. The summed E-state index contributed by atoms with van der Waals surface area (Å²) in [7, 11) is 0. The summed E-state index contributed by atoms with van der Waals surface area (Å²) in [6, 6.07) is 6.63. The summed E-state index contributed by atoms with van der Waals surface area (Å²) in [6.45, 7) is 2.36. The van der Waals surface area contributed by atoms with Crippen LogP contribution in [0.25, 0.3) is 0 Å². The molecule has 0 aliphatic carbocycles. The van der Waals surface area contributed by atoms with Crippen molar-refractivity contribution in [2.45, 2.75) is 49.9 Å². The number of ether oxygens (including phenoxy) is 1. The van der Waals surface area contributed by atoms with Crippen molar-refractivity contribution in [3.05, 3.63) is 28.2 Å². The van der Waals surface area contributed by atoms with Crippen molar-refractivity contribution in [1.29, 1.82) is 0 Å². The maximum atomic E-state index is 10.5. The maximum absolute atomic E-state index is 10.5. The van der Waals surface area contributed by atoms with Gasteiger partial charge in [-0.3, -0.25) is 0 Å². The third-order valence-corrected chi connectivity index (χ3v) is 5.68. The number of rotatable bonds is 0. The summed E-state index contributed by atoms with van der Waals surface area (Å²) in [6.07, 6.45) is 5.04. The molecule has 3 aliphatic heterocycles. The first-order valence-corrected chi connectivity index (χ1v) is 8.35. The van der Waals surface area contributed by atoms with Crippen molar-refractivity contribution < 1.29 is 9.84 Å². The predicted octanol–water partition coefficient (Wildman–Crippen LogP) is 3.26. The van der Waals surface area contributed by atoms with Crippen LogP contribution in [0.4, 0.5) is 0 Å². The molecular weight excluding hydrogens is 318 g/mol. The standard InChI is InChI=1S/C16H20BrNO2/c17-11-3-4-15-13(8-11)14(19)10-16(20-15)5-7-18-6-1-2-12(18)9-16/h3-4,8,12,14,19H,1-2,5-7,9-10H2. The Morgan fingerprint density at radius 2 is 2.20 bits per heavy atom. The fourth-order valence-corrected chi connectivity index (χ4v) is 4.57. The molecule has 3 unspecified atom stereocenters. The molecule has 0 saturated carbocycles. The Balaban J connectivity index is 1.63. The number of hydrogen-bond acceptors (Lipinski definition) is 3. The Bertz CT molecular complexity index is 535. The maximum Gasteiger partial charge on any atom is 0.126 e. The van der Waals surface area contributed by atoms with Gasteiger partial charge in [0.1, 0.15) is 11.4 Å². The van der Waals surface area contributed by atoms with E-state index in [9.17, 15) is 5.11 Å². The summed E-state index contributed by atoms with van der Waals surface area (Å²) < 4.78 is 7.39. The summed E-state index contributed by atoms with van der Waals surface area (Å²) in [4.78, 5) is 2.60. The van der Waals surface area contributed by atoms with Crippen LogP contribution in [0.2, 0.25) is 0 Å². The number of benzene rings is 1. The second-order valence-electron chi connectivity index (χ2n) is 6.47. The molecule has 3 atom stereocenters. The van der Waals surface area contributed by atoms with Crippen LogP contribution >= 0.6 is 15.9 Å². The van der Waals surface area contributed by atoms with Gasteiger partial charge in [0.2, 0.25) is 0 Å². The fraction of sp³-hybridized carbons (Fsp3) is 0.625. The molecule has 3 nitrogen and oxygen atoms in total. The Hall–Kier alpha value is -0.580. The highest BCUT2D eigenvalue weighted by molar-refractivity contribution is 9.10. The van der Waals surface area contributed by atoms with Gasteiger partial charge in [0.25, 0.3) is 0 Å². The normalized spacial score (nSPS) is 36.5. The van der Waals surface area contributed by atoms with Gasteiger partial charge in [-0.1, -0.05) is 15.9 Å². The van der Waals surface area contributed by atoms with E-state index in [1.54, 1.807) is 0 Å². The van der Waals surface area contributed by atoms with Crippen LogP contribution < -0.4 is 4.74 Å². The van der Waals surface area contributed by atoms with E-state index in [-0.39, 0.29) is 5.60 Å². The molecule has 2 saturated heterocycles. The molecule has 0 radical (unpaired) electrons. The van der Waals surface area contributed by atoms with E-state index < -0.39 is 6.10 Å². The lowest BCUT2D eigenvalue weighted by atomic mass is 9.79. The molecular formula is C16H20BrNO2. The van der Waals surface area contributed by atoms with Crippen LogP contribution in [0.1, 0.15) is 43.8 Å². The van der Waals surface area contributed by atoms with Gasteiger partial charge in [-0.05, 0) is 44.0 Å². The van der Waals surface area contributed by atoms with Gasteiger partial charge in [0.05, 0.1) is 6.10 Å². The van der Waals surface area contributed by atoms with Crippen molar-refractivity contribution in [1.82, 2.24) is 4.90 Å². The number of hydrogen-bond donors (Lipinski definition) is 1. The van der Waals surface area contributed by atoms with Gasteiger partial charge >= 0.3 is 0 Å². The number of piperidine rings is 1. The van der Waals surface area contributed by atoms with Crippen molar-refractivity contribution in [3.63, 3.8) is 0 Å². The number of fused-ring (bicyclic) bond motifs is 2. The van der Waals surface area contributed by atoms with Crippen LogP contribution in [0, 0.1) is 0 Å². The van der Waals surface area contributed by atoms with Gasteiger partial charge in [-0.2, -0.15) is 0 Å². The van der Waals surface area contributed by atoms with Crippen LogP contribution in [0.5, 0.6) is 5.75 Å². The summed E-state index contributed by atoms with van der Waals surface area (Å²) in [5, 5.41) is 10.5. The van der Waals surface area contributed by atoms with Crippen molar-refractivity contribution in [2.24, 2.45) is 0 Å². The highest BCUT2D eigenvalue weighted by atomic mass is 79.9. The lowest BCUT2D eigenvalue weighted by Gasteiger charge is -2.47. The monoisotopic (exact) mass is 337 g/mol. The van der Waals surface area contributed by atoms with E-state index in [0.717, 1.165) is 41.6 Å². The second kappa shape index (κ2) is 4.72. The van der Waals surface area contributed by atoms with Gasteiger partial charge in [0, 0.05) is 35.5 Å². The lowest BCUT2D eigenvalue weighted by molar-refractivity contribution is -0.0646. The zero-order chi connectivity index (χ0) is 13.7. The van der Waals surface area contributed by atoms with Gasteiger partial charge in [0.15, 0.2) is 0 Å². The van der Waals surface area contributed by atoms with E-state index in [1.807, 2.05) is 18.2 Å². The Labute approximate surface area is 128 Å². The van der Waals surface area contributed by atoms with Crippen LogP contribution in [0.15, 0.2) is 22.7 Å². The highest BCUT2D eigenvalue weighted by Gasteiger charge is 2.47. The summed E-state index contributed by atoms with van der Waals surface area (Å²) >= 11 is 3.47. The minimum Gasteiger partial charge on any atom is -0.487 e. The average Bonchev–Trinajstić information content (AvgIpc) is 2.87. The molecule has 4 rings (SSSR count). The first-order valence-electron chi connectivity index (χ1n) is 7.56. The van der Waals surface area contributed by atoms with Crippen molar-refractivity contribution in [3.8, 4) is 5.75 Å². The molecule has 108 valence electrons. The van der Waals surface area contributed by atoms with Gasteiger partial charge in [-0.25, -0.2) is 0 Å². The number of aliphatic hydroxyl groups excluding tert-OH is 1. The first kappa shape index (κ1) is 13.1. The zero-order valence-corrected chi connectivity index (χ0v) is 13.1. The number of halogens is 1. The fourth-order valence-electron chi connectivity index (χ4n) is 4.19. The minimum atomic E-state index is -0.399. The molecule has 2 fully saturated rings. The quantitative estimate of drug-likeness (QED) is 0.788. The molecule has 0 bridgehead atoms. The third kappa shape index (κ3) is 2.09.